The van der Waals surface area contributed by atoms with Crippen LogP contribution in [0.15, 0.2) is 40.9 Å². The third-order valence-electron chi connectivity index (χ3n) is 2.23. The zero-order chi connectivity index (χ0) is 13.0. The van der Waals surface area contributed by atoms with E-state index in [1.807, 2.05) is 30.3 Å². The predicted octanol–water partition coefficient (Wildman–Crippen LogP) is 0.557. The molecule has 0 fully saturated rings. The molecule has 3 N–H and O–H groups in total. The molecule has 0 aliphatic rings. The maximum atomic E-state index is 11.5. The molecule has 0 atom stereocenters. The summed E-state index contributed by atoms with van der Waals surface area (Å²) in [4.78, 5) is 22.1. The van der Waals surface area contributed by atoms with Gasteiger partial charge in [0.15, 0.2) is 0 Å². The molecule has 1 aromatic carbocycles. The standard InChI is InChI=1S/C12H11N3O3/c13-11(16)7-14-12(17)10-6-9(15-18-10)8-4-2-1-3-5-8/h1-6H,7H2,(H2,13,16)(H,14,17). The summed E-state index contributed by atoms with van der Waals surface area (Å²) in [5.41, 5.74) is 6.31. The summed E-state index contributed by atoms with van der Waals surface area (Å²) >= 11 is 0. The van der Waals surface area contributed by atoms with E-state index in [-0.39, 0.29) is 12.3 Å². The van der Waals surface area contributed by atoms with Crippen LogP contribution in [0.4, 0.5) is 0 Å². The fourth-order valence-electron chi connectivity index (χ4n) is 1.38. The number of amides is 2. The van der Waals surface area contributed by atoms with Crippen molar-refractivity contribution in [3.8, 4) is 11.3 Å². The monoisotopic (exact) mass is 245 g/mol. The van der Waals surface area contributed by atoms with Gasteiger partial charge in [-0.15, -0.1) is 0 Å². The average molecular weight is 245 g/mol. The molecule has 92 valence electrons. The Morgan fingerprint density at radius 3 is 2.67 bits per heavy atom. The summed E-state index contributed by atoms with van der Waals surface area (Å²) < 4.78 is 4.90. The van der Waals surface area contributed by atoms with Crippen molar-refractivity contribution >= 4 is 11.8 Å². The van der Waals surface area contributed by atoms with Gasteiger partial charge in [0, 0.05) is 11.6 Å². The molecule has 1 heterocycles. The maximum Gasteiger partial charge on any atom is 0.290 e. The molecule has 0 saturated carbocycles. The van der Waals surface area contributed by atoms with Gasteiger partial charge in [-0.05, 0) is 0 Å². The van der Waals surface area contributed by atoms with Crippen molar-refractivity contribution in [3.63, 3.8) is 0 Å². The molecule has 0 spiro atoms. The maximum absolute atomic E-state index is 11.5. The topological polar surface area (TPSA) is 98.2 Å². The fraction of sp³-hybridized carbons (Fsp3) is 0.0833. The second-order valence-corrected chi connectivity index (χ2v) is 3.59. The predicted molar refractivity (Wildman–Crippen MR) is 63.5 cm³/mol. The molecule has 6 nitrogen and oxygen atoms in total. The number of nitrogens with zero attached hydrogens (tertiary/aromatic N) is 1. The van der Waals surface area contributed by atoms with Crippen molar-refractivity contribution in [1.29, 1.82) is 0 Å². The Morgan fingerprint density at radius 1 is 1.28 bits per heavy atom. The number of hydrogen-bond acceptors (Lipinski definition) is 4. The number of benzene rings is 1. The molecule has 0 radical (unpaired) electrons. The lowest BCUT2D eigenvalue weighted by Crippen LogP contribution is -2.33. The van der Waals surface area contributed by atoms with Gasteiger partial charge in [-0.25, -0.2) is 0 Å². The van der Waals surface area contributed by atoms with Crippen LogP contribution in [-0.4, -0.2) is 23.5 Å². The Kier molecular flexibility index (Phi) is 3.38. The summed E-state index contributed by atoms with van der Waals surface area (Å²) in [7, 11) is 0. The van der Waals surface area contributed by atoms with Gasteiger partial charge in [0.2, 0.25) is 11.7 Å². The highest BCUT2D eigenvalue weighted by Crippen LogP contribution is 2.18. The van der Waals surface area contributed by atoms with Crippen LogP contribution in [0.1, 0.15) is 10.6 Å². The minimum absolute atomic E-state index is 0.0371. The zero-order valence-corrected chi connectivity index (χ0v) is 9.42. The van der Waals surface area contributed by atoms with Crippen molar-refractivity contribution in [1.82, 2.24) is 10.5 Å². The number of carbonyl (C=O) groups is 2. The normalized spacial score (nSPS) is 10.0. The Morgan fingerprint density at radius 2 is 2.00 bits per heavy atom. The van der Waals surface area contributed by atoms with Crippen molar-refractivity contribution < 1.29 is 14.1 Å². The van der Waals surface area contributed by atoms with Gasteiger partial charge < -0.3 is 15.6 Å². The van der Waals surface area contributed by atoms with Crippen molar-refractivity contribution in [2.24, 2.45) is 5.73 Å². The molecule has 6 heteroatoms. The molecule has 0 unspecified atom stereocenters. The van der Waals surface area contributed by atoms with Crippen LogP contribution >= 0.6 is 0 Å². The van der Waals surface area contributed by atoms with E-state index in [1.54, 1.807) is 0 Å². The first-order valence-electron chi connectivity index (χ1n) is 5.25. The number of nitrogens with two attached hydrogens (primary N) is 1. The molecule has 0 saturated heterocycles. The molecule has 0 aliphatic heterocycles. The van der Waals surface area contributed by atoms with Gasteiger partial charge in [0.05, 0.1) is 6.54 Å². The minimum Gasteiger partial charge on any atom is -0.368 e. The van der Waals surface area contributed by atoms with Crippen molar-refractivity contribution in [2.45, 2.75) is 0 Å². The van der Waals surface area contributed by atoms with Crippen LogP contribution in [0, 0.1) is 0 Å². The largest absolute Gasteiger partial charge is 0.368 e. The molecular weight excluding hydrogens is 234 g/mol. The summed E-state index contributed by atoms with van der Waals surface area (Å²) in [5, 5.41) is 6.10. The lowest BCUT2D eigenvalue weighted by molar-refractivity contribution is -0.117. The van der Waals surface area contributed by atoms with Gasteiger partial charge in [-0.3, -0.25) is 9.59 Å². The van der Waals surface area contributed by atoms with Crippen LogP contribution in [0.5, 0.6) is 0 Å². The molecule has 0 aliphatic carbocycles. The Balaban J connectivity index is 2.11. The molecule has 2 aromatic rings. The third-order valence-corrected chi connectivity index (χ3v) is 2.23. The number of carbonyl (C=O) groups excluding carboxylic acids is 2. The Bertz CT molecular complexity index is 563. The smallest absolute Gasteiger partial charge is 0.290 e. The van der Waals surface area contributed by atoms with Crippen LogP contribution in [-0.2, 0) is 4.79 Å². The summed E-state index contributed by atoms with van der Waals surface area (Å²) in [6.45, 7) is -0.236. The molecule has 0 bridgehead atoms. The van der Waals surface area contributed by atoms with E-state index in [2.05, 4.69) is 10.5 Å². The lowest BCUT2D eigenvalue weighted by atomic mass is 10.1. The first kappa shape index (κ1) is 11.8. The second kappa shape index (κ2) is 5.13. The first-order chi connectivity index (χ1) is 8.66. The summed E-state index contributed by atoms with van der Waals surface area (Å²) in [5.74, 6) is -1.11. The minimum atomic E-state index is -0.619. The number of aromatic nitrogens is 1. The molecule has 1 aromatic heterocycles. The Labute approximate surface area is 103 Å². The molecule has 2 rings (SSSR count). The quantitative estimate of drug-likeness (QED) is 0.822. The third kappa shape index (κ3) is 2.73. The summed E-state index contributed by atoms with van der Waals surface area (Å²) in [6, 6.07) is 10.8. The number of rotatable bonds is 4. The van der Waals surface area contributed by atoms with Gasteiger partial charge in [0.25, 0.3) is 5.91 Å². The molecule has 18 heavy (non-hydrogen) atoms. The number of hydrogen-bond donors (Lipinski definition) is 2. The van der Waals surface area contributed by atoms with Crippen molar-refractivity contribution in [3.05, 3.63) is 42.2 Å². The van der Waals surface area contributed by atoms with Gasteiger partial charge >= 0.3 is 0 Å². The van der Waals surface area contributed by atoms with E-state index in [1.165, 1.54) is 6.07 Å². The second-order valence-electron chi connectivity index (χ2n) is 3.59. The van der Waals surface area contributed by atoms with E-state index in [9.17, 15) is 9.59 Å². The van der Waals surface area contributed by atoms with Crippen LogP contribution in [0.25, 0.3) is 11.3 Å². The van der Waals surface area contributed by atoms with E-state index in [0.717, 1.165) is 5.56 Å². The van der Waals surface area contributed by atoms with Crippen LogP contribution in [0.2, 0.25) is 0 Å². The van der Waals surface area contributed by atoms with Crippen molar-refractivity contribution in [2.75, 3.05) is 6.54 Å². The van der Waals surface area contributed by atoms with Crippen LogP contribution in [0.3, 0.4) is 0 Å². The number of primary amides is 1. The first-order valence-corrected chi connectivity index (χ1v) is 5.25. The lowest BCUT2D eigenvalue weighted by Gasteiger charge is -1.96. The van der Waals surface area contributed by atoms with E-state index < -0.39 is 11.8 Å². The van der Waals surface area contributed by atoms with E-state index in [0.29, 0.717) is 5.69 Å². The highest BCUT2D eigenvalue weighted by atomic mass is 16.5. The fourth-order valence-corrected chi connectivity index (χ4v) is 1.38. The Hall–Kier alpha value is -2.63. The highest BCUT2D eigenvalue weighted by molar-refractivity contribution is 5.94. The highest BCUT2D eigenvalue weighted by Gasteiger charge is 2.13. The SMILES string of the molecule is NC(=O)CNC(=O)c1cc(-c2ccccc2)no1. The van der Waals surface area contributed by atoms with Gasteiger partial charge in [0.1, 0.15) is 5.69 Å². The number of nitrogens with one attached hydrogen (secondary N) is 1. The van der Waals surface area contributed by atoms with Crippen LogP contribution < -0.4 is 11.1 Å². The molecular formula is C12H11N3O3. The molecule has 2 amide bonds. The van der Waals surface area contributed by atoms with Gasteiger partial charge in [-0.1, -0.05) is 35.5 Å². The van der Waals surface area contributed by atoms with E-state index in [4.69, 9.17) is 10.3 Å². The average Bonchev–Trinajstić information content (AvgIpc) is 2.86. The van der Waals surface area contributed by atoms with Gasteiger partial charge in [-0.2, -0.15) is 0 Å². The summed E-state index contributed by atoms with van der Waals surface area (Å²) in [6.07, 6.45) is 0. The van der Waals surface area contributed by atoms with E-state index >= 15 is 0 Å². The zero-order valence-electron chi connectivity index (χ0n) is 9.42.